The Balaban J connectivity index is 1.83. The Bertz CT molecular complexity index is 1110. The van der Waals surface area contributed by atoms with E-state index in [0.717, 1.165) is 0 Å². The predicted octanol–water partition coefficient (Wildman–Crippen LogP) is 3.41. The summed E-state index contributed by atoms with van der Waals surface area (Å²) < 4.78 is 13.1. The maximum absolute atomic E-state index is 13.1. The lowest BCUT2D eigenvalue weighted by Gasteiger charge is -2.17. The Morgan fingerprint density at radius 1 is 0.875 bits per heavy atom. The molecule has 0 spiro atoms. The van der Waals surface area contributed by atoms with Gasteiger partial charge in [0.25, 0.3) is 11.8 Å². The molecule has 2 amide bonds. The third kappa shape index (κ3) is 6.37. The molecule has 0 saturated heterocycles. The summed E-state index contributed by atoms with van der Waals surface area (Å²) in [5.41, 5.74) is 1.44. The lowest BCUT2D eigenvalue weighted by molar-refractivity contribution is -0.141. The molecule has 0 heterocycles. The molecule has 0 fully saturated rings. The molecule has 0 bridgehead atoms. The van der Waals surface area contributed by atoms with Crippen LogP contribution in [0.5, 0.6) is 0 Å². The summed E-state index contributed by atoms with van der Waals surface area (Å²) in [6.45, 7) is 0. The maximum atomic E-state index is 13.1. The predicted molar refractivity (Wildman–Crippen MR) is 118 cm³/mol. The number of carboxylic acid groups (broad SMARTS) is 1. The summed E-state index contributed by atoms with van der Waals surface area (Å²) in [6, 6.07) is 21.3. The molecule has 1 unspecified atom stereocenters. The summed E-state index contributed by atoms with van der Waals surface area (Å²) in [6.07, 6.45) is 1.42. The van der Waals surface area contributed by atoms with Crippen LogP contribution in [-0.2, 0) is 16.0 Å². The first-order valence-corrected chi connectivity index (χ1v) is 9.83. The average molecular weight is 432 g/mol. The number of rotatable bonds is 8. The Labute approximate surface area is 184 Å². The third-order valence-corrected chi connectivity index (χ3v) is 4.60. The highest BCUT2D eigenvalue weighted by molar-refractivity contribution is 6.06. The van der Waals surface area contributed by atoms with Crippen LogP contribution in [0.4, 0.5) is 4.39 Å². The van der Waals surface area contributed by atoms with Crippen molar-refractivity contribution < 1.29 is 23.9 Å². The molecule has 0 aliphatic heterocycles. The molecule has 0 radical (unpaired) electrons. The van der Waals surface area contributed by atoms with E-state index in [4.69, 9.17) is 0 Å². The molecule has 6 nitrogen and oxygen atoms in total. The molecule has 3 aromatic carbocycles. The summed E-state index contributed by atoms with van der Waals surface area (Å²) in [4.78, 5) is 37.3. The molecule has 0 aliphatic rings. The normalized spacial score (nSPS) is 12.0. The Hall–Kier alpha value is -4.26. The quantitative estimate of drug-likeness (QED) is 0.476. The Morgan fingerprint density at radius 3 is 2.06 bits per heavy atom. The molecule has 0 aliphatic carbocycles. The second-order valence-electron chi connectivity index (χ2n) is 6.98. The number of benzene rings is 3. The summed E-state index contributed by atoms with van der Waals surface area (Å²) in [5.74, 6) is -2.96. The monoisotopic (exact) mass is 432 g/mol. The zero-order chi connectivity index (χ0) is 22.9. The summed E-state index contributed by atoms with van der Waals surface area (Å²) in [5, 5.41) is 14.6. The topological polar surface area (TPSA) is 95.5 Å². The second-order valence-corrected chi connectivity index (χ2v) is 6.98. The third-order valence-electron chi connectivity index (χ3n) is 4.60. The van der Waals surface area contributed by atoms with Crippen LogP contribution >= 0.6 is 0 Å². The zero-order valence-corrected chi connectivity index (χ0v) is 17.0. The Kier molecular flexibility index (Phi) is 7.48. The van der Waals surface area contributed by atoms with Gasteiger partial charge in [-0.1, -0.05) is 60.7 Å². The van der Waals surface area contributed by atoms with Gasteiger partial charge in [0.2, 0.25) is 0 Å². The van der Waals surface area contributed by atoms with Crippen molar-refractivity contribution in [2.24, 2.45) is 0 Å². The van der Waals surface area contributed by atoms with Gasteiger partial charge in [0.05, 0.1) is 0 Å². The number of carbonyl (C=O) groups excluding carboxylic acids is 2. The highest BCUT2D eigenvalue weighted by Crippen LogP contribution is 2.10. The molecular weight excluding hydrogens is 411 g/mol. The van der Waals surface area contributed by atoms with Crippen LogP contribution < -0.4 is 10.6 Å². The second kappa shape index (κ2) is 10.7. The van der Waals surface area contributed by atoms with Crippen LogP contribution in [0.1, 0.15) is 21.5 Å². The first-order valence-electron chi connectivity index (χ1n) is 9.83. The van der Waals surface area contributed by atoms with Crippen LogP contribution in [0.15, 0.2) is 90.6 Å². The molecule has 32 heavy (non-hydrogen) atoms. The van der Waals surface area contributed by atoms with Crippen molar-refractivity contribution in [2.45, 2.75) is 12.5 Å². The van der Waals surface area contributed by atoms with Crippen molar-refractivity contribution in [3.05, 3.63) is 113 Å². The molecule has 1 atom stereocenters. The van der Waals surface area contributed by atoms with Gasteiger partial charge in [-0.2, -0.15) is 0 Å². The van der Waals surface area contributed by atoms with Gasteiger partial charge < -0.3 is 15.7 Å². The van der Waals surface area contributed by atoms with Crippen molar-refractivity contribution in [3.63, 3.8) is 0 Å². The number of hydrogen-bond acceptors (Lipinski definition) is 3. The fourth-order valence-corrected chi connectivity index (χ4v) is 2.95. The lowest BCUT2D eigenvalue weighted by atomic mass is 10.1. The average Bonchev–Trinajstić information content (AvgIpc) is 2.80. The first-order chi connectivity index (χ1) is 15.4. The van der Waals surface area contributed by atoms with E-state index in [1.165, 1.54) is 30.3 Å². The van der Waals surface area contributed by atoms with E-state index in [1.807, 2.05) is 6.07 Å². The summed E-state index contributed by atoms with van der Waals surface area (Å²) in [7, 11) is 0. The van der Waals surface area contributed by atoms with Gasteiger partial charge in [-0.15, -0.1) is 0 Å². The number of aliphatic carboxylic acids is 1. The number of amides is 2. The van der Waals surface area contributed by atoms with E-state index in [2.05, 4.69) is 10.6 Å². The highest BCUT2D eigenvalue weighted by atomic mass is 19.1. The minimum atomic E-state index is -1.28. The van der Waals surface area contributed by atoms with E-state index in [9.17, 15) is 23.9 Å². The number of halogens is 1. The van der Waals surface area contributed by atoms with Gasteiger partial charge in [-0.05, 0) is 41.5 Å². The van der Waals surface area contributed by atoms with Crippen molar-refractivity contribution >= 4 is 23.9 Å². The summed E-state index contributed by atoms with van der Waals surface area (Å²) >= 11 is 0. The van der Waals surface area contributed by atoms with Crippen molar-refractivity contribution in [1.82, 2.24) is 10.6 Å². The fraction of sp³-hybridized carbons (Fsp3) is 0.0800. The van der Waals surface area contributed by atoms with Gasteiger partial charge in [-0.3, -0.25) is 9.59 Å². The van der Waals surface area contributed by atoms with Gasteiger partial charge in [-0.25, -0.2) is 9.18 Å². The maximum Gasteiger partial charge on any atom is 0.326 e. The minimum absolute atomic E-state index is 0.0490. The van der Waals surface area contributed by atoms with Crippen LogP contribution in [0, 0.1) is 5.82 Å². The van der Waals surface area contributed by atoms with E-state index >= 15 is 0 Å². The molecule has 0 aromatic heterocycles. The number of carbonyl (C=O) groups is 3. The highest BCUT2D eigenvalue weighted by Gasteiger charge is 2.23. The number of carboxylic acids is 1. The van der Waals surface area contributed by atoms with Gasteiger partial charge in [0.15, 0.2) is 0 Å². The molecule has 0 saturated carbocycles. The van der Waals surface area contributed by atoms with Crippen LogP contribution in [0.2, 0.25) is 0 Å². The van der Waals surface area contributed by atoms with Crippen LogP contribution in [-0.4, -0.2) is 28.9 Å². The Morgan fingerprint density at radius 2 is 1.47 bits per heavy atom. The van der Waals surface area contributed by atoms with Crippen molar-refractivity contribution in [1.29, 1.82) is 0 Å². The minimum Gasteiger partial charge on any atom is -0.480 e. The van der Waals surface area contributed by atoms with Gasteiger partial charge >= 0.3 is 5.97 Å². The number of nitrogens with one attached hydrogen (secondary N) is 2. The van der Waals surface area contributed by atoms with E-state index in [1.54, 1.807) is 54.6 Å². The first kappa shape index (κ1) is 22.4. The van der Waals surface area contributed by atoms with Crippen molar-refractivity contribution in [2.75, 3.05) is 0 Å². The van der Waals surface area contributed by atoms with Crippen LogP contribution in [0.25, 0.3) is 6.08 Å². The fourth-order valence-electron chi connectivity index (χ4n) is 2.95. The molecule has 3 N–H and O–H groups in total. The van der Waals surface area contributed by atoms with Gasteiger partial charge in [0, 0.05) is 12.0 Å². The molecule has 7 heteroatoms. The largest absolute Gasteiger partial charge is 0.480 e. The van der Waals surface area contributed by atoms with E-state index < -0.39 is 29.6 Å². The zero-order valence-electron chi connectivity index (χ0n) is 17.0. The molecule has 162 valence electrons. The standard InChI is InChI=1S/C25H21FN2O4/c26-20-13-11-18(12-14-20)16-22(25(31)32)28-24(30)21(15-17-7-3-1-4-8-17)27-23(29)19-9-5-2-6-10-19/h1-15,22H,16H2,(H,27,29)(H,28,30)(H,31,32)/b21-15-. The molecule has 3 rings (SSSR count). The molecule has 3 aromatic rings. The number of hydrogen-bond donors (Lipinski definition) is 3. The van der Waals surface area contributed by atoms with E-state index in [-0.39, 0.29) is 12.1 Å². The SMILES string of the molecule is O=C(NC(Cc1ccc(F)cc1)C(=O)O)/C(=C/c1ccccc1)NC(=O)c1ccccc1. The lowest BCUT2D eigenvalue weighted by Crippen LogP contribution is -2.45. The van der Waals surface area contributed by atoms with Crippen LogP contribution in [0.3, 0.4) is 0 Å². The van der Waals surface area contributed by atoms with Gasteiger partial charge in [0.1, 0.15) is 17.6 Å². The van der Waals surface area contributed by atoms with E-state index in [0.29, 0.717) is 16.7 Å². The molecular formula is C25H21FN2O4. The smallest absolute Gasteiger partial charge is 0.326 e. The van der Waals surface area contributed by atoms with Crippen molar-refractivity contribution in [3.8, 4) is 0 Å².